The fraction of sp³-hybridized carbons (Fsp3) is 1.00. The first-order valence-electron chi connectivity index (χ1n) is 7.73. The zero-order valence-electron chi connectivity index (χ0n) is 12.5. The van der Waals surface area contributed by atoms with Gasteiger partial charge in [0.2, 0.25) is 0 Å². The van der Waals surface area contributed by atoms with E-state index in [1.807, 2.05) is 14.4 Å². The summed E-state index contributed by atoms with van der Waals surface area (Å²) in [5.41, 5.74) is 0. The molecule has 0 rings (SSSR count). The quantitative estimate of drug-likeness (QED) is 0.367. The number of rotatable bonds is 12. The summed E-state index contributed by atoms with van der Waals surface area (Å²) in [7, 11) is 0. The van der Waals surface area contributed by atoms with Crippen LogP contribution in [-0.4, -0.2) is 0 Å². The molecule has 2 unspecified atom stereocenters. The van der Waals surface area contributed by atoms with Crippen molar-refractivity contribution in [3.63, 3.8) is 0 Å². The maximum atomic E-state index is 2.36. The normalized spacial score (nSPS) is 15.1. The molecule has 0 nitrogen and oxygen atoms in total. The number of hydrogen-bond acceptors (Lipinski definition) is 0. The van der Waals surface area contributed by atoms with Crippen LogP contribution in [0, 0.1) is 11.8 Å². The van der Waals surface area contributed by atoms with Crippen LogP contribution in [0.25, 0.3) is 0 Å². The Hall–Kier alpha value is 0.494. The van der Waals surface area contributed by atoms with E-state index in [2.05, 4.69) is 27.7 Å². The minimum atomic E-state index is 0.985. The number of unbranched alkanes of at least 4 members (excludes halogenated alkanes) is 2. The van der Waals surface area contributed by atoms with Crippen molar-refractivity contribution in [2.75, 3.05) is 0 Å². The average Bonchev–Trinajstić information content (AvgIpc) is 2.37. The third kappa shape index (κ3) is 10.1. The Labute approximate surface area is 116 Å². The summed E-state index contributed by atoms with van der Waals surface area (Å²) in [4.78, 5) is 0. The molecule has 108 valence electrons. The zero-order chi connectivity index (χ0) is 12.9. The first-order valence-corrected chi connectivity index (χ1v) is 9.12. The van der Waals surface area contributed by atoms with Gasteiger partial charge in [-0.3, -0.25) is 0 Å². The second kappa shape index (κ2) is 12.9. The monoisotopic (exact) mass is 284 g/mol. The van der Waals surface area contributed by atoms with Gasteiger partial charge in [-0.05, 0) is 0 Å². The van der Waals surface area contributed by atoms with E-state index in [0.29, 0.717) is 0 Å². The summed E-state index contributed by atoms with van der Waals surface area (Å²) in [6, 6.07) is 0. The standard InChI is InChI=1S/2C8H17.Ni/c2*1-4-6-7-8(3)5-2;/h2*8H,3-7H2,1-2H3;. The van der Waals surface area contributed by atoms with E-state index in [4.69, 9.17) is 0 Å². The van der Waals surface area contributed by atoms with Gasteiger partial charge in [0.15, 0.2) is 0 Å². The van der Waals surface area contributed by atoms with Gasteiger partial charge in [0.05, 0.1) is 0 Å². The molecule has 0 fully saturated rings. The summed E-state index contributed by atoms with van der Waals surface area (Å²) in [5.74, 6) is 1.97. The molecular formula is C16H34Ni. The van der Waals surface area contributed by atoms with Crippen molar-refractivity contribution in [1.82, 2.24) is 0 Å². The SMILES string of the molecule is CCCCC(CC)[CH2][Ni][CH2]C(CC)CCCC. The molecule has 2 atom stereocenters. The van der Waals surface area contributed by atoms with Crippen LogP contribution in [0.15, 0.2) is 0 Å². The predicted molar refractivity (Wildman–Crippen MR) is 76.2 cm³/mol. The van der Waals surface area contributed by atoms with Crippen LogP contribution >= 0.6 is 0 Å². The maximum absolute atomic E-state index is 2.36. The summed E-state index contributed by atoms with van der Waals surface area (Å²) in [5, 5.41) is 2.85. The Morgan fingerprint density at radius 1 is 0.706 bits per heavy atom. The van der Waals surface area contributed by atoms with Crippen molar-refractivity contribution < 1.29 is 14.4 Å². The van der Waals surface area contributed by atoms with Crippen molar-refractivity contribution in [3.05, 3.63) is 0 Å². The molecule has 0 aliphatic carbocycles. The van der Waals surface area contributed by atoms with Crippen molar-refractivity contribution >= 4 is 0 Å². The molecule has 0 aliphatic heterocycles. The van der Waals surface area contributed by atoms with Gasteiger partial charge in [-0.1, -0.05) is 0 Å². The van der Waals surface area contributed by atoms with E-state index < -0.39 is 0 Å². The third-order valence-electron chi connectivity index (χ3n) is 3.63. The van der Waals surface area contributed by atoms with Crippen LogP contribution in [-0.2, 0) is 14.4 Å². The van der Waals surface area contributed by atoms with Gasteiger partial charge in [0, 0.05) is 0 Å². The molecule has 0 aromatic carbocycles. The van der Waals surface area contributed by atoms with Gasteiger partial charge in [-0.2, -0.15) is 0 Å². The molecule has 0 radical (unpaired) electrons. The molecular weight excluding hydrogens is 251 g/mol. The van der Waals surface area contributed by atoms with Crippen LogP contribution in [0.2, 0.25) is 10.8 Å². The van der Waals surface area contributed by atoms with Gasteiger partial charge < -0.3 is 0 Å². The Morgan fingerprint density at radius 3 is 1.41 bits per heavy atom. The average molecular weight is 285 g/mol. The summed E-state index contributed by atoms with van der Waals surface area (Å²) < 4.78 is 0. The van der Waals surface area contributed by atoms with Gasteiger partial charge in [0.25, 0.3) is 0 Å². The van der Waals surface area contributed by atoms with E-state index in [-0.39, 0.29) is 0 Å². The van der Waals surface area contributed by atoms with Crippen LogP contribution in [0.5, 0.6) is 0 Å². The third-order valence-corrected chi connectivity index (χ3v) is 5.34. The molecule has 0 saturated heterocycles. The van der Waals surface area contributed by atoms with E-state index >= 15 is 0 Å². The molecule has 0 aromatic heterocycles. The van der Waals surface area contributed by atoms with Gasteiger partial charge in [-0.15, -0.1) is 0 Å². The van der Waals surface area contributed by atoms with Gasteiger partial charge in [0.1, 0.15) is 0 Å². The molecule has 0 spiro atoms. The first-order chi connectivity index (χ1) is 8.28. The Balaban J connectivity index is 3.61. The molecule has 0 N–H and O–H groups in total. The molecule has 1 heteroatoms. The molecule has 0 bridgehead atoms. The Morgan fingerprint density at radius 2 is 1.12 bits per heavy atom. The van der Waals surface area contributed by atoms with Gasteiger partial charge >= 0.3 is 116 Å². The summed E-state index contributed by atoms with van der Waals surface area (Å²) in [6.45, 7) is 9.33. The molecule has 0 aliphatic rings. The summed E-state index contributed by atoms with van der Waals surface area (Å²) >= 11 is 2.03. The van der Waals surface area contributed by atoms with E-state index in [9.17, 15) is 0 Å². The minimum absolute atomic E-state index is 0.985. The van der Waals surface area contributed by atoms with Crippen LogP contribution in [0.4, 0.5) is 0 Å². The zero-order valence-corrected chi connectivity index (χ0v) is 13.5. The van der Waals surface area contributed by atoms with Crippen molar-refractivity contribution in [1.29, 1.82) is 0 Å². The molecule has 0 heterocycles. The fourth-order valence-corrected chi connectivity index (χ4v) is 3.96. The van der Waals surface area contributed by atoms with Gasteiger partial charge in [-0.25, -0.2) is 0 Å². The van der Waals surface area contributed by atoms with Crippen LogP contribution < -0.4 is 0 Å². The van der Waals surface area contributed by atoms with E-state index in [1.165, 1.54) is 62.1 Å². The molecule has 17 heavy (non-hydrogen) atoms. The number of hydrogen-bond donors (Lipinski definition) is 0. The summed E-state index contributed by atoms with van der Waals surface area (Å²) in [6.07, 6.45) is 11.2. The Bertz CT molecular complexity index is 128. The van der Waals surface area contributed by atoms with Crippen molar-refractivity contribution in [3.8, 4) is 0 Å². The second-order valence-corrected chi connectivity index (χ2v) is 6.55. The predicted octanol–water partition coefficient (Wildman–Crippen LogP) is 6.34. The second-order valence-electron chi connectivity index (χ2n) is 5.25. The van der Waals surface area contributed by atoms with Crippen LogP contribution in [0.1, 0.15) is 79.1 Å². The van der Waals surface area contributed by atoms with Crippen molar-refractivity contribution in [2.45, 2.75) is 89.8 Å². The topological polar surface area (TPSA) is 0 Å². The molecule has 0 saturated carbocycles. The van der Waals surface area contributed by atoms with E-state index in [0.717, 1.165) is 11.8 Å². The van der Waals surface area contributed by atoms with E-state index in [1.54, 1.807) is 0 Å². The molecule has 0 amide bonds. The first kappa shape index (κ1) is 17.5. The molecule has 0 aromatic rings. The van der Waals surface area contributed by atoms with Crippen LogP contribution in [0.3, 0.4) is 0 Å². The fourth-order valence-electron chi connectivity index (χ4n) is 2.02. The Kier molecular flexibility index (Phi) is 13.3. The van der Waals surface area contributed by atoms with Crippen molar-refractivity contribution in [2.24, 2.45) is 11.8 Å².